The van der Waals surface area contributed by atoms with Gasteiger partial charge in [0.15, 0.2) is 5.83 Å². The molecule has 116 valence electrons. The van der Waals surface area contributed by atoms with Crippen molar-refractivity contribution < 1.29 is 23.5 Å². The molecule has 2 aliphatic rings. The molecule has 0 saturated carbocycles. The smallest absolute Gasteiger partial charge is 0.328 e. The summed E-state index contributed by atoms with van der Waals surface area (Å²) in [6.07, 6.45) is -0.123. The first kappa shape index (κ1) is 15.5. The highest BCUT2D eigenvalue weighted by molar-refractivity contribution is 5.80. The Labute approximate surface area is 122 Å². The third kappa shape index (κ3) is 3.24. The summed E-state index contributed by atoms with van der Waals surface area (Å²) in [5.74, 6) is -0.945. The van der Waals surface area contributed by atoms with Crippen LogP contribution in [-0.2, 0) is 14.3 Å². The Bertz CT molecular complexity index is 503. The van der Waals surface area contributed by atoms with Gasteiger partial charge in [-0.25, -0.2) is 9.18 Å². The summed E-state index contributed by atoms with van der Waals surface area (Å²) in [5.41, 5.74) is -0.0776. The topological polar surface area (TPSA) is 67.9 Å². The fourth-order valence-electron chi connectivity index (χ4n) is 2.48. The number of esters is 1. The molecule has 0 aromatic rings. The zero-order valence-corrected chi connectivity index (χ0v) is 12.3. The molecule has 2 aliphatic heterocycles. The molecule has 0 aromatic carbocycles. The molecule has 0 spiro atoms. The van der Waals surface area contributed by atoms with Gasteiger partial charge in [0.25, 0.3) is 0 Å². The van der Waals surface area contributed by atoms with Crippen molar-refractivity contribution >= 4 is 12.0 Å². The Balaban J connectivity index is 2.16. The molecule has 21 heavy (non-hydrogen) atoms. The maximum Gasteiger partial charge on any atom is 0.328 e. The Morgan fingerprint density at radius 3 is 2.86 bits per heavy atom. The lowest BCUT2D eigenvalue weighted by Gasteiger charge is -2.29. The first-order valence-corrected chi connectivity index (χ1v) is 6.78. The van der Waals surface area contributed by atoms with Crippen molar-refractivity contribution in [2.75, 3.05) is 0 Å². The normalized spacial score (nSPS) is 29.5. The number of nitrogens with one attached hydrogen (secondary N) is 1. The standard InChI is InChI=1S/C14H19FN2O4/c1-7(2)13-11(20-9(4)18)5-12(21-13)17-6-10(15)8(3)16-14(17)19/h6-7,11-13H,3,5H2,1-2,4H3,(H,16,19). The van der Waals surface area contributed by atoms with Crippen LogP contribution in [0.4, 0.5) is 9.18 Å². The molecule has 1 fully saturated rings. The van der Waals surface area contributed by atoms with Gasteiger partial charge in [0.2, 0.25) is 0 Å². The number of carbonyl (C=O) groups is 2. The number of nitrogens with zero attached hydrogens (tertiary/aromatic N) is 1. The highest BCUT2D eigenvalue weighted by Gasteiger charge is 2.43. The van der Waals surface area contributed by atoms with Gasteiger partial charge in [0.05, 0.1) is 11.8 Å². The Kier molecular flexibility index (Phi) is 4.32. The highest BCUT2D eigenvalue weighted by Crippen LogP contribution is 2.32. The van der Waals surface area contributed by atoms with E-state index in [-0.39, 0.29) is 17.7 Å². The van der Waals surface area contributed by atoms with Gasteiger partial charge in [-0.2, -0.15) is 0 Å². The molecule has 0 aliphatic carbocycles. The van der Waals surface area contributed by atoms with E-state index in [0.717, 1.165) is 11.1 Å². The molecular weight excluding hydrogens is 279 g/mol. The van der Waals surface area contributed by atoms with Gasteiger partial charge in [-0.1, -0.05) is 20.4 Å². The molecule has 2 rings (SSSR count). The van der Waals surface area contributed by atoms with Gasteiger partial charge in [-0.15, -0.1) is 0 Å². The lowest BCUT2D eigenvalue weighted by Crippen LogP contribution is -2.45. The zero-order valence-electron chi connectivity index (χ0n) is 12.3. The van der Waals surface area contributed by atoms with Crippen molar-refractivity contribution in [3.63, 3.8) is 0 Å². The van der Waals surface area contributed by atoms with E-state index in [9.17, 15) is 14.0 Å². The fourth-order valence-corrected chi connectivity index (χ4v) is 2.48. The molecule has 0 radical (unpaired) electrons. The number of rotatable bonds is 3. The van der Waals surface area contributed by atoms with Gasteiger partial charge >= 0.3 is 12.0 Å². The number of urea groups is 1. The highest BCUT2D eigenvalue weighted by atomic mass is 19.1. The van der Waals surface area contributed by atoms with Crippen LogP contribution in [0.15, 0.2) is 24.3 Å². The van der Waals surface area contributed by atoms with E-state index < -0.39 is 30.2 Å². The van der Waals surface area contributed by atoms with E-state index in [4.69, 9.17) is 9.47 Å². The number of halogens is 1. The zero-order chi connectivity index (χ0) is 15.7. The van der Waals surface area contributed by atoms with Crippen molar-refractivity contribution in [2.45, 2.75) is 45.6 Å². The van der Waals surface area contributed by atoms with Crippen LogP contribution >= 0.6 is 0 Å². The molecule has 6 nitrogen and oxygen atoms in total. The van der Waals surface area contributed by atoms with Crippen LogP contribution < -0.4 is 5.32 Å². The lowest BCUT2D eigenvalue weighted by atomic mass is 10.0. The van der Waals surface area contributed by atoms with Crippen LogP contribution in [-0.4, -0.2) is 35.3 Å². The van der Waals surface area contributed by atoms with Gasteiger partial charge in [-0.3, -0.25) is 9.69 Å². The minimum atomic E-state index is -0.680. The van der Waals surface area contributed by atoms with Crippen LogP contribution in [0.3, 0.4) is 0 Å². The van der Waals surface area contributed by atoms with Crippen molar-refractivity contribution in [1.82, 2.24) is 10.2 Å². The SMILES string of the molecule is C=C1NC(=O)N(C2CC(OC(C)=O)C(C(C)C)O2)C=C1F. The summed E-state index contributed by atoms with van der Waals surface area (Å²) in [7, 11) is 0. The fraction of sp³-hybridized carbons (Fsp3) is 0.571. The van der Waals surface area contributed by atoms with E-state index in [0.29, 0.717) is 6.42 Å². The van der Waals surface area contributed by atoms with Gasteiger partial charge in [-0.05, 0) is 5.92 Å². The van der Waals surface area contributed by atoms with Crippen molar-refractivity contribution in [2.24, 2.45) is 5.92 Å². The van der Waals surface area contributed by atoms with Crippen LogP contribution in [0.2, 0.25) is 0 Å². The lowest BCUT2D eigenvalue weighted by molar-refractivity contribution is -0.150. The number of hydrogen-bond donors (Lipinski definition) is 1. The minimum Gasteiger partial charge on any atom is -0.460 e. The molecule has 0 bridgehead atoms. The van der Waals surface area contributed by atoms with E-state index in [1.54, 1.807) is 0 Å². The molecule has 2 amide bonds. The third-order valence-electron chi connectivity index (χ3n) is 3.43. The largest absolute Gasteiger partial charge is 0.460 e. The van der Waals surface area contributed by atoms with Crippen LogP contribution in [0, 0.1) is 5.92 Å². The van der Waals surface area contributed by atoms with E-state index >= 15 is 0 Å². The molecule has 7 heteroatoms. The number of allylic oxidation sites excluding steroid dienone is 1. The second kappa shape index (κ2) is 5.85. The minimum absolute atomic E-state index is 0.0776. The summed E-state index contributed by atoms with van der Waals surface area (Å²) in [5, 5.41) is 2.32. The number of ether oxygens (including phenoxy) is 2. The molecule has 2 heterocycles. The number of amides is 2. The maximum atomic E-state index is 13.6. The molecule has 3 unspecified atom stereocenters. The first-order chi connectivity index (χ1) is 9.79. The monoisotopic (exact) mass is 298 g/mol. The summed E-state index contributed by atoms with van der Waals surface area (Å²) in [6.45, 7) is 8.57. The second-order valence-corrected chi connectivity index (χ2v) is 5.48. The molecule has 0 aromatic heterocycles. The van der Waals surface area contributed by atoms with Gasteiger partial charge in [0.1, 0.15) is 12.3 Å². The van der Waals surface area contributed by atoms with E-state index in [1.807, 2.05) is 13.8 Å². The summed E-state index contributed by atoms with van der Waals surface area (Å²) in [4.78, 5) is 24.2. The van der Waals surface area contributed by atoms with Crippen LogP contribution in [0.25, 0.3) is 0 Å². The predicted molar refractivity (Wildman–Crippen MR) is 72.4 cm³/mol. The number of hydrogen-bond acceptors (Lipinski definition) is 4. The summed E-state index contributed by atoms with van der Waals surface area (Å²) in [6, 6.07) is -0.516. The Morgan fingerprint density at radius 1 is 1.62 bits per heavy atom. The quantitative estimate of drug-likeness (QED) is 0.810. The number of carbonyl (C=O) groups excluding carboxylic acids is 2. The molecule has 3 atom stereocenters. The van der Waals surface area contributed by atoms with E-state index in [1.165, 1.54) is 6.92 Å². The summed E-state index contributed by atoms with van der Waals surface area (Å²) >= 11 is 0. The van der Waals surface area contributed by atoms with Crippen LogP contribution in [0.5, 0.6) is 0 Å². The van der Waals surface area contributed by atoms with Crippen LogP contribution in [0.1, 0.15) is 27.2 Å². The second-order valence-electron chi connectivity index (χ2n) is 5.48. The first-order valence-electron chi connectivity index (χ1n) is 6.78. The third-order valence-corrected chi connectivity index (χ3v) is 3.43. The Hall–Kier alpha value is -1.89. The van der Waals surface area contributed by atoms with Crippen molar-refractivity contribution in [1.29, 1.82) is 0 Å². The average Bonchev–Trinajstić information content (AvgIpc) is 2.76. The molecular formula is C14H19FN2O4. The molecule has 1 N–H and O–H groups in total. The van der Waals surface area contributed by atoms with Gasteiger partial charge < -0.3 is 14.8 Å². The van der Waals surface area contributed by atoms with Crippen molar-refractivity contribution in [3.8, 4) is 0 Å². The Morgan fingerprint density at radius 2 is 2.29 bits per heavy atom. The van der Waals surface area contributed by atoms with E-state index in [2.05, 4.69) is 11.9 Å². The summed E-state index contributed by atoms with van der Waals surface area (Å²) < 4.78 is 24.6. The maximum absolute atomic E-state index is 13.6. The average molecular weight is 298 g/mol. The predicted octanol–water partition coefficient (Wildman–Crippen LogP) is 2.04. The van der Waals surface area contributed by atoms with Gasteiger partial charge in [0, 0.05) is 19.5 Å². The molecule has 1 saturated heterocycles. The van der Waals surface area contributed by atoms with Crippen molar-refractivity contribution in [3.05, 3.63) is 24.3 Å².